The number of aromatic nitrogens is 2. The van der Waals surface area contributed by atoms with Crippen LogP contribution >= 0.6 is 0 Å². The van der Waals surface area contributed by atoms with E-state index in [9.17, 15) is 14.7 Å². The van der Waals surface area contributed by atoms with Crippen LogP contribution in [0.2, 0.25) is 0 Å². The lowest BCUT2D eigenvalue weighted by Crippen LogP contribution is -2.24. The zero-order chi connectivity index (χ0) is 22.9. The van der Waals surface area contributed by atoms with Gasteiger partial charge in [0.15, 0.2) is 0 Å². The maximum Gasteiger partial charge on any atom is 0.337 e. The summed E-state index contributed by atoms with van der Waals surface area (Å²) in [6.45, 7) is 2.17. The number of hydrogen-bond acceptors (Lipinski definition) is 5. The normalized spacial score (nSPS) is 11.8. The Kier molecular flexibility index (Phi) is 5.76. The fourth-order valence-corrected chi connectivity index (χ4v) is 4.49. The van der Waals surface area contributed by atoms with Gasteiger partial charge in [-0.05, 0) is 60.4 Å². The maximum atomic E-state index is 12.1. The highest BCUT2D eigenvalue weighted by atomic mass is 16.5. The Morgan fingerprint density at radius 3 is 1.75 bits per heavy atom. The number of hydrogen-bond donors (Lipinski definition) is 3. The van der Waals surface area contributed by atoms with Crippen molar-refractivity contribution >= 4 is 33.7 Å². The molecule has 166 valence electrons. The summed E-state index contributed by atoms with van der Waals surface area (Å²) in [6, 6.07) is 10.9. The summed E-state index contributed by atoms with van der Waals surface area (Å²) in [5.74, 6) is -0.795. The third kappa shape index (κ3) is 3.54. The average molecular weight is 434 g/mol. The Hall–Kier alpha value is -3.58. The Balaban J connectivity index is 1.94. The largest absolute Gasteiger partial charge is 0.465 e. The van der Waals surface area contributed by atoms with Crippen molar-refractivity contribution in [3.05, 3.63) is 71.0 Å². The van der Waals surface area contributed by atoms with Crippen molar-refractivity contribution in [2.75, 3.05) is 20.8 Å². The molecule has 0 radical (unpaired) electrons. The smallest absolute Gasteiger partial charge is 0.337 e. The Morgan fingerprint density at radius 2 is 1.34 bits per heavy atom. The highest BCUT2D eigenvalue weighted by molar-refractivity contribution is 5.98. The van der Waals surface area contributed by atoms with Gasteiger partial charge in [-0.1, -0.05) is 6.92 Å². The van der Waals surface area contributed by atoms with Gasteiger partial charge < -0.3 is 24.5 Å². The molecule has 0 fully saturated rings. The summed E-state index contributed by atoms with van der Waals surface area (Å²) >= 11 is 0. The van der Waals surface area contributed by atoms with Crippen LogP contribution < -0.4 is 0 Å². The van der Waals surface area contributed by atoms with Crippen LogP contribution in [0.3, 0.4) is 0 Å². The summed E-state index contributed by atoms with van der Waals surface area (Å²) in [4.78, 5) is 30.9. The van der Waals surface area contributed by atoms with E-state index in [1.54, 1.807) is 12.1 Å². The summed E-state index contributed by atoms with van der Waals surface area (Å²) < 4.78 is 9.79. The number of methoxy groups -OCH3 is 2. The molecular weight excluding hydrogens is 408 g/mol. The zero-order valence-corrected chi connectivity index (χ0v) is 18.3. The number of aliphatic hydroxyl groups excluding tert-OH is 1. The first kappa shape index (κ1) is 21.6. The van der Waals surface area contributed by atoms with Crippen molar-refractivity contribution in [2.24, 2.45) is 0 Å². The van der Waals surface area contributed by atoms with Crippen LogP contribution in [0.25, 0.3) is 21.8 Å². The van der Waals surface area contributed by atoms with Crippen LogP contribution in [0.4, 0.5) is 0 Å². The third-order valence-electron chi connectivity index (χ3n) is 6.23. The van der Waals surface area contributed by atoms with E-state index in [-0.39, 0.29) is 6.61 Å². The Morgan fingerprint density at radius 1 is 0.875 bits per heavy atom. The molecule has 0 aliphatic carbocycles. The van der Waals surface area contributed by atoms with Crippen LogP contribution in [0.1, 0.15) is 51.6 Å². The predicted octanol–water partition coefficient (Wildman–Crippen LogP) is 4.30. The molecule has 0 amide bonds. The first-order valence-corrected chi connectivity index (χ1v) is 10.4. The minimum absolute atomic E-state index is 0.0567. The fourth-order valence-electron chi connectivity index (χ4n) is 4.49. The average Bonchev–Trinajstić information content (AvgIpc) is 3.45. The number of carbonyl (C=O) groups is 2. The van der Waals surface area contributed by atoms with Gasteiger partial charge in [-0.2, -0.15) is 0 Å². The SMILES string of the molecule is COC(=O)c1ccc2[nH]cc(C(C)(CCCO)c3c[nH]c4ccc(C(=O)OC)cc34)c2c1. The molecule has 4 aromatic rings. The predicted molar refractivity (Wildman–Crippen MR) is 122 cm³/mol. The topological polar surface area (TPSA) is 104 Å². The Bertz CT molecular complexity index is 1210. The zero-order valence-electron chi connectivity index (χ0n) is 18.3. The van der Waals surface area contributed by atoms with Crippen molar-refractivity contribution in [1.29, 1.82) is 0 Å². The van der Waals surface area contributed by atoms with Gasteiger partial charge in [-0.25, -0.2) is 9.59 Å². The van der Waals surface area contributed by atoms with Gasteiger partial charge in [-0.3, -0.25) is 0 Å². The molecule has 0 aliphatic heterocycles. The molecule has 7 nitrogen and oxygen atoms in total. The quantitative estimate of drug-likeness (QED) is 0.376. The van der Waals surface area contributed by atoms with Crippen LogP contribution in [-0.2, 0) is 14.9 Å². The molecular formula is C25H26N2O5. The van der Waals surface area contributed by atoms with E-state index in [1.807, 2.05) is 36.7 Å². The number of nitrogens with one attached hydrogen (secondary N) is 2. The van der Waals surface area contributed by atoms with Crippen LogP contribution in [0.5, 0.6) is 0 Å². The molecule has 0 unspecified atom stereocenters. The summed E-state index contributed by atoms with van der Waals surface area (Å²) in [6.07, 6.45) is 5.15. The van der Waals surface area contributed by atoms with Crippen molar-refractivity contribution in [1.82, 2.24) is 9.97 Å². The number of carbonyl (C=O) groups excluding carboxylic acids is 2. The van der Waals surface area contributed by atoms with E-state index >= 15 is 0 Å². The molecule has 0 saturated carbocycles. The van der Waals surface area contributed by atoms with Crippen LogP contribution in [0.15, 0.2) is 48.8 Å². The molecule has 0 spiro atoms. The van der Waals surface area contributed by atoms with Crippen molar-refractivity contribution < 1.29 is 24.2 Å². The number of fused-ring (bicyclic) bond motifs is 2. The van der Waals surface area contributed by atoms with E-state index < -0.39 is 17.4 Å². The first-order chi connectivity index (χ1) is 15.4. The number of benzene rings is 2. The van der Waals surface area contributed by atoms with Crippen molar-refractivity contribution in [3.8, 4) is 0 Å². The number of esters is 2. The Labute approximate surface area is 185 Å². The van der Waals surface area contributed by atoms with Gasteiger partial charge in [0.2, 0.25) is 0 Å². The molecule has 0 bridgehead atoms. The summed E-state index contributed by atoms with van der Waals surface area (Å²) in [5.41, 5.74) is 4.22. The second kappa shape index (κ2) is 8.51. The fraction of sp³-hybridized carbons (Fsp3) is 0.280. The molecule has 2 aromatic carbocycles. The molecule has 2 heterocycles. The van der Waals surface area contributed by atoms with Gasteiger partial charge in [0.25, 0.3) is 0 Å². The third-order valence-corrected chi connectivity index (χ3v) is 6.23. The minimum Gasteiger partial charge on any atom is -0.465 e. The van der Waals surface area contributed by atoms with E-state index in [4.69, 9.17) is 9.47 Å². The molecule has 0 atom stereocenters. The number of ether oxygens (including phenoxy) is 2. The van der Waals surface area contributed by atoms with Gasteiger partial charge in [-0.15, -0.1) is 0 Å². The molecule has 32 heavy (non-hydrogen) atoms. The van der Waals surface area contributed by atoms with E-state index in [0.717, 1.165) is 32.9 Å². The van der Waals surface area contributed by atoms with E-state index in [2.05, 4.69) is 16.9 Å². The monoisotopic (exact) mass is 434 g/mol. The van der Waals surface area contributed by atoms with Gasteiger partial charge in [0.1, 0.15) is 0 Å². The van der Waals surface area contributed by atoms with Crippen molar-refractivity contribution in [3.63, 3.8) is 0 Å². The summed E-state index contributed by atoms with van der Waals surface area (Å²) in [7, 11) is 2.72. The highest BCUT2D eigenvalue weighted by Crippen LogP contribution is 2.43. The number of rotatable bonds is 7. The molecule has 2 aromatic heterocycles. The lowest BCUT2D eigenvalue weighted by atomic mass is 9.72. The lowest BCUT2D eigenvalue weighted by Gasteiger charge is -2.30. The number of H-pyrrole nitrogens is 2. The maximum absolute atomic E-state index is 12.1. The minimum atomic E-state index is -0.511. The van der Waals surface area contributed by atoms with Gasteiger partial charge in [0, 0.05) is 46.2 Å². The van der Waals surface area contributed by atoms with Gasteiger partial charge in [0.05, 0.1) is 25.3 Å². The van der Waals surface area contributed by atoms with Crippen molar-refractivity contribution in [2.45, 2.75) is 25.2 Å². The second-order valence-corrected chi connectivity index (χ2v) is 8.07. The lowest BCUT2D eigenvalue weighted by molar-refractivity contribution is 0.0592. The molecule has 4 rings (SSSR count). The molecule has 7 heteroatoms. The van der Waals surface area contributed by atoms with Crippen LogP contribution in [-0.4, -0.2) is 47.8 Å². The second-order valence-electron chi connectivity index (χ2n) is 8.07. The molecule has 3 N–H and O–H groups in total. The number of aliphatic hydroxyl groups is 1. The van der Waals surface area contributed by atoms with E-state index in [1.165, 1.54) is 14.2 Å². The first-order valence-electron chi connectivity index (χ1n) is 10.4. The van der Waals surface area contributed by atoms with Gasteiger partial charge >= 0.3 is 11.9 Å². The highest BCUT2D eigenvalue weighted by Gasteiger charge is 2.33. The molecule has 0 aliphatic rings. The number of aromatic amines is 2. The molecule has 0 saturated heterocycles. The van der Waals surface area contributed by atoms with E-state index in [0.29, 0.717) is 24.0 Å². The standard InChI is InChI=1S/C25H26N2O5/c1-25(9-4-10-28,19-13-26-21-7-5-15(11-17(19)21)23(29)31-2)20-14-27-22-8-6-16(12-18(20)22)24(30)32-3/h5-8,11-14,26-28H,4,9-10H2,1-3H3. The summed E-state index contributed by atoms with van der Waals surface area (Å²) in [5, 5.41) is 11.4. The van der Waals surface area contributed by atoms with Crippen LogP contribution in [0, 0.1) is 0 Å².